The summed E-state index contributed by atoms with van der Waals surface area (Å²) in [5.74, 6) is 0.717. The smallest absolute Gasteiger partial charge is 0.181 e. The van der Waals surface area contributed by atoms with E-state index in [1.165, 1.54) is 12.0 Å². The third-order valence-electron chi connectivity index (χ3n) is 3.41. The number of aromatic amines is 1. The average molecular weight is 276 g/mol. The summed E-state index contributed by atoms with van der Waals surface area (Å²) in [7, 11) is 0. The van der Waals surface area contributed by atoms with Gasteiger partial charge in [0.15, 0.2) is 17.8 Å². The number of rotatable bonds is 3. The molecule has 0 spiro atoms. The lowest BCUT2D eigenvalue weighted by atomic mass is 10.1. The molecular weight excluding hydrogens is 264 g/mol. The zero-order valence-corrected chi connectivity index (χ0v) is 11.2. The van der Waals surface area contributed by atoms with Gasteiger partial charge in [0.2, 0.25) is 0 Å². The minimum absolute atomic E-state index is 0.676. The molecule has 0 atom stereocenters. The molecule has 3 heterocycles. The minimum atomic E-state index is 0.676. The molecule has 0 saturated heterocycles. The third-order valence-corrected chi connectivity index (χ3v) is 3.41. The van der Waals surface area contributed by atoms with Crippen LogP contribution in [0.5, 0.6) is 0 Å². The zero-order chi connectivity index (χ0) is 14.1. The summed E-state index contributed by atoms with van der Waals surface area (Å²) in [5, 5.41) is 8.13. The van der Waals surface area contributed by atoms with Gasteiger partial charge in [-0.3, -0.25) is 5.10 Å². The molecule has 0 bridgehead atoms. The van der Waals surface area contributed by atoms with Crippen molar-refractivity contribution < 1.29 is 4.42 Å². The summed E-state index contributed by atoms with van der Waals surface area (Å²) >= 11 is 0. The van der Waals surface area contributed by atoms with Gasteiger partial charge < -0.3 is 4.42 Å². The van der Waals surface area contributed by atoms with Crippen molar-refractivity contribution in [2.45, 2.75) is 6.42 Å². The molecule has 5 nitrogen and oxygen atoms in total. The molecule has 4 rings (SSSR count). The van der Waals surface area contributed by atoms with Gasteiger partial charge >= 0.3 is 0 Å². The Hall–Kier alpha value is -2.95. The molecule has 0 aliphatic carbocycles. The van der Waals surface area contributed by atoms with E-state index in [4.69, 9.17) is 4.42 Å². The van der Waals surface area contributed by atoms with Crippen LogP contribution in [0.2, 0.25) is 0 Å². The van der Waals surface area contributed by atoms with Gasteiger partial charge in [0.25, 0.3) is 0 Å². The highest BCUT2D eigenvalue weighted by molar-refractivity contribution is 5.89. The largest absolute Gasteiger partial charge is 0.442 e. The Labute approximate surface area is 120 Å². The van der Waals surface area contributed by atoms with Crippen LogP contribution in [0.3, 0.4) is 0 Å². The van der Waals surface area contributed by atoms with Crippen molar-refractivity contribution in [3.63, 3.8) is 0 Å². The highest BCUT2D eigenvalue weighted by Crippen LogP contribution is 2.28. The molecule has 3 aromatic heterocycles. The van der Waals surface area contributed by atoms with E-state index in [2.05, 4.69) is 32.3 Å². The van der Waals surface area contributed by atoms with Crippen LogP contribution in [0, 0.1) is 0 Å². The fourth-order valence-corrected chi connectivity index (χ4v) is 2.41. The van der Waals surface area contributed by atoms with Crippen LogP contribution in [0.25, 0.3) is 22.5 Å². The molecule has 1 aromatic carbocycles. The highest BCUT2D eigenvalue weighted by Gasteiger charge is 2.16. The van der Waals surface area contributed by atoms with Crippen LogP contribution >= 0.6 is 0 Å². The molecular formula is C16H12N4O. The zero-order valence-electron chi connectivity index (χ0n) is 11.2. The van der Waals surface area contributed by atoms with Crippen LogP contribution in [0.4, 0.5) is 0 Å². The normalized spacial score (nSPS) is 11.0. The first-order valence-corrected chi connectivity index (χ1v) is 6.67. The van der Waals surface area contributed by atoms with Gasteiger partial charge in [-0.1, -0.05) is 30.3 Å². The number of pyridine rings is 1. The lowest BCUT2D eigenvalue weighted by molar-refractivity contribution is 0.569. The van der Waals surface area contributed by atoms with Crippen molar-refractivity contribution in [2.75, 3.05) is 0 Å². The first-order valence-electron chi connectivity index (χ1n) is 6.67. The molecule has 0 radical (unpaired) electrons. The number of oxazole rings is 1. The van der Waals surface area contributed by atoms with Gasteiger partial charge in [-0.2, -0.15) is 5.10 Å². The number of hydrogen-bond acceptors (Lipinski definition) is 4. The van der Waals surface area contributed by atoms with Gasteiger partial charge in [0.1, 0.15) is 5.69 Å². The van der Waals surface area contributed by atoms with Crippen LogP contribution in [0.1, 0.15) is 11.3 Å². The van der Waals surface area contributed by atoms with E-state index in [0.717, 1.165) is 16.8 Å². The van der Waals surface area contributed by atoms with E-state index in [0.29, 0.717) is 17.8 Å². The van der Waals surface area contributed by atoms with Gasteiger partial charge in [0, 0.05) is 18.0 Å². The van der Waals surface area contributed by atoms with Crippen molar-refractivity contribution in [2.24, 2.45) is 0 Å². The molecule has 21 heavy (non-hydrogen) atoms. The molecule has 5 heteroatoms. The maximum Gasteiger partial charge on any atom is 0.181 e. The Balaban J connectivity index is 1.78. The molecule has 0 saturated carbocycles. The Kier molecular flexibility index (Phi) is 2.74. The third kappa shape index (κ3) is 2.08. The van der Waals surface area contributed by atoms with E-state index < -0.39 is 0 Å². The molecule has 0 aliphatic heterocycles. The number of nitrogens with zero attached hydrogens (tertiary/aromatic N) is 3. The van der Waals surface area contributed by atoms with Crippen molar-refractivity contribution in [3.05, 3.63) is 66.3 Å². The van der Waals surface area contributed by atoms with E-state index in [1.807, 2.05) is 30.3 Å². The topological polar surface area (TPSA) is 67.6 Å². The molecule has 0 fully saturated rings. The number of aromatic nitrogens is 4. The second kappa shape index (κ2) is 4.86. The summed E-state index contributed by atoms with van der Waals surface area (Å²) in [4.78, 5) is 8.56. The second-order valence-electron chi connectivity index (χ2n) is 4.76. The molecule has 0 aliphatic rings. The van der Waals surface area contributed by atoms with Gasteiger partial charge in [-0.25, -0.2) is 9.97 Å². The van der Waals surface area contributed by atoms with Crippen LogP contribution in [0.15, 0.2) is 59.5 Å². The Morgan fingerprint density at radius 3 is 2.81 bits per heavy atom. The van der Waals surface area contributed by atoms with E-state index in [-0.39, 0.29) is 0 Å². The predicted molar refractivity (Wildman–Crippen MR) is 78.6 cm³/mol. The Morgan fingerprint density at radius 2 is 1.90 bits per heavy atom. The summed E-state index contributed by atoms with van der Waals surface area (Å²) < 4.78 is 5.58. The molecule has 1 N–H and O–H groups in total. The van der Waals surface area contributed by atoms with Crippen molar-refractivity contribution in [1.82, 2.24) is 20.2 Å². The summed E-state index contributed by atoms with van der Waals surface area (Å²) in [6, 6.07) is 14.0. The maximum atomic E-state index is 5.58. The van der Waals surface area contributed by atoms with Gasteiger partial charge in [0.05, 0.1) is 5.69 Å². The number of benzene rings is 1. The SMILES string of the molecule is c1ccc(Cc2ncoc2-c2[nH]nc3ncccc23)cc1. The first kappa shape index (κ1) is 11.8. The van der Waals surface area contributed by atoms with Crippen LogP contribution in [-0.2, 0) is 6.42 Å². The van der Waals surface area contributed by atoms with Crippen molar-refractivity contribution in [1.29, 1.82) is 0 Å². The van der Waals surface area contributed by atoms with Crippen molar-refractivity contribution in [3.8, 4) is 11.5 Å². The summed E-state index contributed by atoms with van der Waals surface area (Å²) in [6.45, 7) is 0. The molecule has 102 valence electrons. The second-order valence-corrected chi connectivity index (χ2v) is 4.76. The fraction of sp³-hybridized carbons (Fsp3) is 0.0625. The van der Waals surface area contributed by atoms with Gasteiger partial charge in [-0.05, 0) is 17.7 Å². The van der Waals surface area contributed by atoms with E-state index in [1.54, 1.807) is 6.20 Å². The fourth-order valence-electron chi connectivity index (χ4n) is 2.41. The van der Waals surface area contributed by atoms with E-state index >= 15 is 0 Å². The number of fused-ring (bicyclic) bond motifs is 1. The Morgan fingerprint density at radius 1 is 1.00 bits per heavy atom. The van der Waals surface area contributed by atoms with Gasteiger partial charge in [-0.15, -0.1) is 0 Å². The minimum Gasteiger partial charge on any atom is -0.442 e. The average Bonchev–Trinajstić information content (AvgIpc) is 3.14. The molecule has 0 unspecified atom stereocenters. The summed E-state index contributed by atoms with van der Waals surface area (Å²) in [5.41, 5.74) is 3.57. The first-order chi connectivity index (χ1) is 10.4. The standard InChI is InChI=1S/C16H12N4O/c1-2-5-11(6-3-1)9-13-15(21-10-18-13)14-12-7-4-8-17-16(12)20-19-14/h1-8,10H,9H2,(H,17,19,20). The lowest BCUT2D eigenvalue weighted by Crippen LogP contribution is -1.91. The summed E-state index contributed by atoms with van der Waals surface area (Å²) in [6.07, 6.45) is 3.91. The Bertz CT molecular complexity index is 879. The van der Waals surface area contributed by atoms with E-state index in [9.17, 15) is 0 Å². The molecule has 0 amide bonds. The molecule has 4 aromatic rings. The van der Waals surface area contributed by atoms with Crippen molar-refractivity contribution >= 4 is 11.0 Å². The quantitative estimate of drug-likeness (QED) is 0.624. The van der Waals surface area contributed by atoms with Crippen LogP contribution < -0.4 is 0 Å². The van der Waals surface area contributed by atoms with Crippen LogP contribution in [-0.4, -0.2) is 20.2 Å². The monoisotopic (exact) mass is 276 g/mol. The highest BCUT2D eigenvalue weighted by atomic mass is 16.3. The maximum absolute atomic E-state index is 5.58. The number of nitrogens with one attached hydrogen (secondary N) is 1. The predicted octanol–water partition coefficient (Wildman–Crippen LogP) is 3.20. The number of H-pyrrole nitrogens is 1. The number of hydrogen-bond donors (Lipinski definition) is 1. The lowest BCUT2D eigenvalue weighted by Gasteiger charge is -2.00.